The Kier molecular flexibility index (Phi) is 7.21. The van der Waals surface area contributed by atoms with Crippen molar-refractivity contribution < 1.29 is 23.9 Å². The van der Waals surface area contributed by atoms with Crippen LogP contribution in [0.1, 0.15) is 37.7 Å². The van der Waals surface area contributed by atoms with Crippen LogP contribution in [0.25, 0.3) is 0 Å². The van der Waals surface area contributed by atoms with Crippen LogP contribution in [-0.4, -0.2) is 60.3 Å². The average Bonchev–Trinajstić information content (AvgIpc) is 2.96. The Hall–Kier alpha value is -3.16. The third-order valence-electron chi connectivity index (χ3n) is 5.39. The molecule has 0 radical (unpaired) electrons. The van der Waals surface area contributed by atoms with Gasteiger partial charge < -0.3 is 10.1 Å². The number of para-hydroxylation sites is 1. The van der Waals surface area contributed by atoms with Gasteiger partial charge in [-0.05, 0) is 50.2 Å². The molecule has 1 saturated heterocycles. The minimum atomic E-state index is -0.947. The molecule has 0 aromatic heterocycles. The van der Waals surface area contributed by atoms with E-state index in [2.05, 4.69) is 11.4 Å². The summed E-state index contributed by atoms with van der Waals surface area (Å²) in [5.41, 5.74) is 2.15. The molecular weight excluding hydrogens is 386 g/mol. The van der Waals surface area contributed by atoms with Gasteiger partial charge >= 0.3 is 17.8 Å². The Balaban J connectivity index is 1.49. The maximum Gasteiger partial charge on any atom is 0.334 e. The normalized spacial score (nSPS) is 16.7. The summed E-state index contributed by atoms with van der Waals surface area (Å²) >= 11 is 0. The maximum atomic E-state index is 12.5. The van der Waals surface area contributed by atoms with Crippen molar-refractivity contribution in [1.82, 2.24) is 15.1 Å². The molecule has 5 amide bonds. The third kappa shape index (κ3) is 5.06. The lowest BCUT2D eigenvalue weighted by Crippen LogP contribution is -2.42. The standard InChI is InChI=1S/C22H27N3O5/c1-30-18-10-6-5-9-17(18)11-13-23-19(26)15-25-21(28)20(27)24(22(25)29)14-12-16-7-3-2-4-8-16/h5-7,9-10H,2-4,8,11-15H2,1H3,(H,23,26). The lowest BCUT2D eigenvalue weighted by atomic mass is 9.97. The fourth-order valence-electron chi connectivity index (χ4n) is 3.72. The molecule has 1 fully saturated rings. The van der Waals surface area contributed by atoms with Crippen LogP contribution in [0.15, 0.2) is 35.9 Å². The molecule has 0 spiro atoms. The van der Waals surface area contributed by atoms with E-state index in [0.29, 0.717) is 19.4 Å². The third-order valence-corrected chi connectivity index (χ3v) is 5.39. The van der Waals surface area contributed by atoms with E-state index in [-0.39, 0.29) is 6.54 Å². The summed E-state index contributed by atoms with van der Waals surface area (Å²) in [5, 5.41) is 2.68. The Bertz CT molecular complexity index is 864. The van der Waals surface area contributed by atoms with E-state index in [1.54, 1.807) is 7.11 Å². The summed E-state index contributed by atoms with van der Waals surface area (Å²) in [6.45, 7) is 0.0247. The Morgan fingerprint density at radius 1 is 1.07 bits per heavy atom. The van der Waals surface area contributed by atoms with Crippen molar-refractivity contribution in [3.63, 3.8) is 0 Å². The van der Waals surface area contributed by atoms with Gasteiger partial charge in [-0.1, -0.05) is 29.8 Å². The fourth-order valence-corrected chi connectivity index (χ4v) is 3.72. The first-order valence-corrected chi connectivity index (χ1v) is 10.2. The molecule has 1 aromatic rings. The molecule has 8 nitrogen and oxygen atoms in total. The van der Waals surface area contributed by atoms with Crippen molar-refractivity contribution in [3.05, 3.63) is 41.5 Å². The number of hydrogen-bond donors (Lipinski definition) is 1. The number of benzene rings is 1. The van der Waals surface area contributed by atoms with Crippen LogP contribution in [0.2, 0.25) is 0 Å². The first-order chi connectivity index (χ1) is 14.5. The Morgan fingerprint density at radius 2 is 1.83 bits per heavy atom. The van der Waals surface area contributed by atoms with Gasteiger partial charge in [-0.3, -0.25) is 19.3 Å². The number of amides is 5. The fraction of sp³-hybridized carbons (Fsp3) is 0.455. The quantitative estimate of drug-likeness (QED) is 0.380. The number of carbonyl (C=O) groups is 4. The Morgan fingerprint density at radius 3 is 2.57 bits per heavy atom. The zero-order valence-corrected chi connectivity index (χ0v) is 17.2. The van der Waals surface area contributed by atoms with E-state index >= 15 is 0 Å². The lowest BCUT2D eigenvalue weighted by Gasteiger charge is -2.17. The van der Waals surface area contributed by atoms with Crippen LogP contribution >= 0.6 is 0 Å². The molecule has 8 heteroatoms. The minimum Gasteiger partial charge on any atom is -0.496 e. The monoisotopic (exact) mass is 413 g/mol. The van der Waals surface area contributed by atoms with Crippen molar-refractivity contribution in [3.8, 4) is 5.75 Å². The van der Waals surface area contributed by atoms with Gasteiger partial charge in [-0.25, -0.2) is 9.69 Å². The van der Waals surface area contributed by atoms with Crippen molar-refractivity contribution in [2.24, 2.45) is 0 Å². The van der Waals surface area contributed by atoms with E-state index in [4.69, 9.17) is 4.74 Å². The number of ether oxygens (including phenoxy) is 1. The van der Waals surface area contributed by atoms with E-state index in [1.807, 2.05) is 24.3 Å². The van der Waals surface area contributed by atoms with Crippen LogP contribution in [0.4, 0.5) is 4.79 Å². The van der Waals surface area contributed by atoms with Crippen molar-refractivity contribution >= 4 is 23.8 Å². The summed E-state index contributed by atoms with van der Waals surface area (Å²) in [5.74, 6) is -1.57. The van der Waals surface area contributed by atoms with Crippen LogP contribution < -0.4 is 10.1 Å². The molecule has 0 bridgehead atoms. The molecule has 0 atom stereocenters. The van der Waals surface area contributed by atoms with Gasteiger partial charge in [-0.2, -0.15) is 0 Å². The molecular formula is C22H27N3O5. The molecule has 1 aliphatic carbocycles. The summed E-state index contributed by atoms with van der Waals surface area (Å²) < 4.78 is 5.27. The molecule has 160 valence electrons. The number of urea groups is 1. The van der Waals surface area contributed by atoms with Gasteiger partial charge in [0, 0.05) is 13.1 Å². The first-order valence-electron chi connectivity index (χ1n) is 10.2. The minimum absolute atomic E-state index is 0.168. The molecule has 30 heavy (non-hydrogen) atoms. The van der Waals surface area contributed by atoms with Crippen molar-refractivity contribution in [1.29, 1.82) is 0 Å². The van der Waals surface area contributed by atoms with Crippen molar-refractivity contribution in [2.75, 3.05) is 26.7 Å². The van der Waals surface area contributed by atoms with Gasteiger partial charge in [0.25, 0.3) is 0 Å². The second-order valence-electron chi connectivity index (χ2n) is 7.40. The summed E-state index contributed by atoms with van der Waals surface area (Å²) in [6.07, 6.45) is 7.49. The highest BCUT2D eigenvalue weighted by atomic mass is 16.5. The Labute approximate surface area is 175 Å². The highest BCUT2D eigenvalue weighted by Gasteiger charge is 2.44. The SMILES string of the molecule is COc1ccccc1CCNC(=O)CN1C(=O)C(=O)N(CCC2=CCCCC2)C1=O. The average molecular weight is 413 g/mol. The number of methoxy groups -OCH3 is 1. The van der Waals surface area contributed by atoms with Crippen LogP contribution in [-0.2, 0) is 20.8 Å². The predicted octanol–water partition coefficient (Wildman–Crippen LogP) is 2.04. The topological polar surface area (TPSA) is 96.0 Å². The summed E-state index contributed by atoms with van der Waals surface area (Å²) in [4.78, 5) is 50.8. The molecule has 2 aliphatic rings. The second kappa shape index (κ2) is 10.0. The van der Waals surface area contributed by atoms with E-state index < -0.39 is 30.3 Å². The number of nitrogens with zero attached hydrogens (tertiary/aromatic N) is 2. The number of nitrogens with one attached hydrogen (secondary N) is 1. The number of imide groups is 2. The van der Waals surface area contributed by atoms with Crippen LogP contribution in [0.3, 0.4) is 0 Å². The first kappa shape index (κ1) is 21.5. The highest BCUT2D eigenvalue weighted by Crippen LogP contribution is 2.22. The second-order valence-corrected chi connectivity index (χ2v) is 7.40. The molecule has 1 N–H and O–H groups in total. The van der Waals surface area contributed by atoms with Crippen LogP contribution in [0, 0.1) is 0 Å². The van der Waals surface area contributed by atoms with E-state index in [1.165, 1.54) is 5.57 Å². The lowest BCUT2D eigenvalue weighted by molar-refractivity contribution is -0.144. The highest BCUT2D eigenvalue weighted by molar-refractivity contribution is 6.45. The number of carbonyl (C=O) groups excluding carboxylic acids is 4. The van der Waals surface area contributed by atoms with Gasteiger partial charge in [-0.15, -0.1) is 0 Å². The number of hydrogen-bond acceptors (Lipinski definition) is 5. The largest absolute Gasteiger partial charge is 0.496 e. The van der Waals surface area contributed by atoms with E-state index in [9.17, 15) is 19.2 Å². The summed E-state index contributed by atoms with van der Waals surface area (Å²) in [6, 6.07) is 6.75. The zero-order chi connectivity index (χ0) is 21.5. The van der Waals surface area contributed by atoms with Gasteiger partial charge in [0.15, 0.2) is 0 Å². The predicted molar refractivity (Wildman–Crippen MR) is 110 cm³/mol. The van der Waals surface area contributed by atoms with E-state index in [0.717, 1.165) is 46.8 Å². The molecule has 3 rings (SSSR count). The number of rotatable bonds is 9. The van der Waals surface area contributed by atoms with Gasteiger partial charge in [0.1, 0.15) is 12.3 Å². The summed E-state index contributed by atoms with van der Waals surface area (Å²) in [7, 11) is 1.58. The molecule has 1 heterocycles. The maximum absolute atomic E-state index is 12.5. The van der Waals surface area contributed by atoms with Gasteiger partial charge in [0.2, 0.25) is 5.91 Å². The van der Waals surface area contributed by atoms with Crippen molar-refractivity contribution in [2.45, 2.75) is 38.5 Å². The van der Waals surface area contributed by atoms with Crippen LogP contribution in [0.5, 0.6) is 5.75 Å². The van der Waals surface area contributed by atoms with Gasteiger partial charge in [0.05, 0.1) is 7.11 Å². The molecule has 1 aliphatic heterocycles. The molecule has 0 unspecified atom stereocenters. The number of allylic oxidation sites excluding steroid dienone is 1. The molecule has 0 saturated carbocycles. The zero-order valence-electron chi connectivity index (χ0n) is 17.2. The molecule has 1 aromatic carbocycles. The smallest absolute Gasteiger partial charge is 0.334 e.